The summed E-state index contributed by atoms with van der Waals surface area (Å²) in [4.78, 5) is 41.1. The van der Waals surface area contributed by atoms with E-state index in [4.69, 9.17) is 27.3 Å². The van der Waals surface area contributed by atoms with Gasteiger partial charge in [0.15, 0.2) is 0 Å². The van der Waals surface area contributed by atoms with Gasteiger partial charge in [-0.2, -0.15) is 0 Å². The predicted molar refractivity (Wildman–Crippen MR) is 207 cm³/mol. The van der Waals surface area contributed by atoms with Crippen molar-refractivity contribution >= 4 is 30.2 Å². The number of piperazine rings is 1. The standard InChI is InChI=1S/C42H47N5O4.ClH/c1-7-30-10-14-32(15-11-30)38-39(33-16-12-31(8-2)13-17-33)47(40(43-38)35-19-18-34(42(4,5)6)28-36(35)51-9-3)41(49)46-22-20-44(21-23-46)29-37(48)45-24-26-50-27-25-45;/h1-2,10-19,28,38-39H,9,20-27,29H2,3-6H3;1H/t38-,39?;/m0./s1. The molecule has 1 unspecified atom stereocenters. The topological polar surface area (TPSA) is 77.9 Å². The number of morpholine rings is 1. The third-order valence-corrected chi connectivity index (χ3v) is 9.86. The summed E-state index contributed by atoms with van der Waals surface area (Å²) in [7, 11) is 0. The Balaban J connectivity index is 0.00000523. The molecule has 0 aromatic heterocycles. The van der Waals surface area contributed by atoms with Gasteiger partial charge in [-0.15, -0.1) is 25.3 Å². The first-order chi connectivity index (χ1) is 24.6. The highest BCUT2D eigenvalue weighted by atomic mass is 35.5. The number of amides is 3. The third-order valence-electron chi connectivity index (χ3n) is 9.86. The number of nitrogens with zero attached hydrogens (tertiary/aromatic N) is 5. The Morgan fingerprint density at radius 2 is 1.44 bits per heavy atom. The number of benzene rings is 3. The van der Waals surface area contributed by atoms with Crippen LogP contribution in [-0.2, 0) is 14.9 Å². The molecular formula is C42H48ClN5O4. The summed E-state index contributed by atoms with van der Waals surface area (Å²) in [6.45, 7) is 13.8. The summed E-state index contributed by atoms with van der Waals surface area (Å²) >= 11 is 0. The zero-order valence-electron chi connectivity index (χ0n) is 30.5. The van der Waals surface area contributed by atoms with Crippen LogP contribution in [0.15, 0.2) is 71.7 Å². The lowest BCUT2D eigenvalue weighted by atomic mass is 9.86. The second-order valence-electron chi connectivity index (χ2n) is 14.2. The average Bonchev–Trinajstić information content (AvgIpc) is 3.55. The lowest BCUT2D eigenvalue weighted by molar-refractivity contribution is -0.136. The highest BCUT2D eigenvalue weighted by molar-refractivity contribution is 6.11. The SMILES string of the molecule is C#Cc1ccc(C2[C@H](c3ccc(C#C)cc3)N=C(c3ccc(C(C)(C)C)cc3OCC)N2C(=O)N2CCN(CC(=O)N3CCOCC3)CC2)cc1.Cl. The second-order valence-corrected chi connectivity index (χ2v) is 14.2. The van der Waals surface area contributed by atoms with Crippen LogP contribution in [0.3, 0.4) is 0 Å². The first-order valence-electron chi connectivity index (χ1n) is 17.8. The maximum atomic E-state index is 15.0. The molecule has 0 bridgehead atoms. The monoisotopic (exact) mass is 721 g/mol. The lowest BCUT2D eigenvalue weighted by Gasteiger charge is -2.39. The molecule has 10 heteroatoms. The molecule has 0 aliphatic carbocycles. The maximum absolute atomic E-state index is 15.0. The molecule has 2 fully saturated rings. The van der Waals surface area contributed by atoms with Gasteiger partial charge in [-0.25, -0.2) is 4.79 Å². The molecule has 0 radical (unpaired) electrons. The molecule has 3 heterocycles. The van der Waals surface area contributed by atoms with Crippen LogP contribution in [0.1, 0.15) is 73.2 Å². The number of hydrogen-bond donors (Lipinski definition) is 0. The van der Waals surface area contributed by atoms with Gasteiger partial charge in [-0.1, -0.05) is 62.9 Å². The summed E-state index contributed by atoms with van der Waals surface area (Å²) in [5.74, 6) is 6.74. The molecule has 6 rings (SSSR count). The molecule has 3 aliphatic rings. The van der Waals surface area contributed by atoms with Crippen molar-refractivity contribution in [2.24, 2.45) is 4.99 Å². The average molecular weight is 722 g/mol. The van der Waals surface area contributed by atoms with Gasteiger partial charge in [0.1, 0.15) is 17.6 Å². The Kier molecular flexibility index (Phi) is 12.3. The number of carbonyl (C=O) groups excluding carboxylic acids is 2. The Labute approximate surface area is 314 Å². The quantitative estimate of drug-likeness (QED) is 0.284. The Morgan fingerprint density at radius 1 is 0.846 bits per heavy atom. The molecule has 3 aliphatic heterocycles. The highest BCUT2D eigenvalue weighted by Gasteiger charge is 2.45. The van der Waals surface area contributed by atoms with Crippen LogP contribution < -0.4 is 4.74 Å². The molecule has 3 aromatic carbocycles. The van der Waals surface area contributed by atoms with Crippen molar-refractivity contribution in [1.82, 2.24) is 19.6 Å². The molecule has 0 N–H and O–H groups in total. The molecule has 3 amide bonds. The normalized spacial score (nSPS) is 19.3. The molecule has 2 saturated heterocycles. The first kappa shape index (κ1) is 38.4. The molecule has 2 atom stereocenters. The number of hydrogen-bond acceptors (Lipinski definition) is 6. The number of aliphatic imine (C=N–C) groups is 1. The molecule has 272 valence electrons. The number of terminal acetylenes is 2. The molecular weight excluding hydrogens is 674 g/mol. The zero-order valence-corrected chi connectivity index (χ0v) is 31.3. The van der Waals surface area contributed by atoms with E-state index >= 15 is 4.79 Å². The van der Waals surface area contributed by atoms with Crippen LogP contribution in [0.5, 0.6) is 5.75 Å². The fraction of sp³-hybridized carbons (Fsp3) is 0.405. The predicted octanol–water partition coefficient (Wildman–Crippen LogP) is 5.91. The van der Waals surface area contributed by atoms with Crippen molar-refractivity contribution in [1.29, 1.82) is 0 Å². The minimum atomic E-state index is -0.478. The summed E-state index contributed by atoms with van der Waals surface area (Å²) in [5, 5.41) is 0. The minimum Gasteiger partial charge on any atom is -0.493 e. The van der Waals surface area contributed by atoms with Crippen molar-refractivity contribution in [3.63, 3.8) is 0 Å². The van der Waals surface area contributed by atoms with Crippen LogP contribution in [0.2, 0.25) is 0 Å². The van der Waals surface area contributed by atoms with Crippen molar-refractivity contribution in [3.8, 4) is 30.4 Å². The number of rotatable bonds is 7. The first-order valence-corrected chi connectivity index (χ1v) is 17.8. The van der Waals surface area contributed by atoms with Crippen molar-refractivity contribution in [2.45, 2.75) is 45.2 Å². The van der Waals surface area contributed by atoms with E-state index in [0.29, 0.717) is 77.2 Å². The van der Waals surface area contributed by atoms with Gasteiger partial charge in [0.05, 0.1) is 38.0 Å². The van der Waals surface area contributed by atoms with Crippen LogP contribution >= 0.6 is 12.4 Å². The fourth-order valence-corrected chi connectivity index (χ4v) is 6.89. The molecule has 9 nitrogen and oxygen atoms in total. The van der Waals surface area contributed by atoms with Crippen molar-refractivity contribution in [2.75, 3.05) is 65.6 Å². The molecule has 52 heavy (non-hydrogen) atoms. The van der Waals surface area contributed by atoms with E-state index in [9.17, 15) is 4.79 Å². The van der Waals surface area contributed by atoms with Gasteiger partial charge in [-0.3, -0.25) is 19.6 Å². The Bertz CT molecular complexity index is 1840. The van der Waals surface area contributed by atoms with Crippen LogP contribution in [0.25, 0.3) is 0 Å². The van der Waals surface area contributed by atoms with E-state index in [1.165, 1.54) is 0 Å². The number of carbonyl (C=O) groups is 2. The summed E-state index contributed by atoms with van der Waals surface area (Å²) in [6.07, 6.45) is 11.4. The van der Waals surface area contributed by atoms with E-state index in [-0.39, 0.29) is 29.8 Å². The Morgan fingerprint density at radius 3 is 2.00 bits per heavy atom. The number of ether oxygens (including phenoxy) is 2. The summed E-state index contributed by atoms with van der Waals surface area (Å²) in [5.41, 5.74) is 5.13. The number of halogens is 1. The van der Waals surface area contributed by atoms with Gasteiger partial charge >= 0.3 is 6.03 Å². The van der Waals surface area contributed by atoms with Crippen LogP contribution in [-0.4, -0.2) is 103 Å². The van der Waals surface area contributed by atoms with E-state index in [0.717, 1.165) is 33.4 Å². The number of urea groups is 1. The van der Waals surface area contributed by atoms with E-state index in [1.807, 2.05) is 76.2 Å². The van der Waals surface area contributed by atoms with Crippen LogP contribution in [0.4, 0.5) is 4.79 Å². The molecule has 0 saturated carbocycles. The van der Waals surface area contributed by atoms with Gasteiger partial charge < -0.3 is 19.3 Å². The van der Waals surface area contributed by atoms with Gasteiger partial charge in [-0.05, 0) is 65.4 Å². The second kappa shape index (κ2) is 16.7. The largest absolute Gasteiger partial charge is 0.493 e. The minimum absolute atomic E-state index is 0. The zero-order chi connectivity index (χ0) is 36.1. The van der Waals surface area contributed by atoms with Gasteiger partial charge in [0, 0.05) is 50.4 Å². The van der Waals surface area contributed by atoms with E-state index < -0.39 is 12.1 Å². The maximum Gasteiger partial charge on any atom is 0.326 e. The van der Waals surface area contributed by atoms with E-state index in [2.05, 4.69) is 49.6 Å². The summed E-state index contributed by atoms with van der Waals surface area (Å²) in [6, 6.07) is 20.7. The molecule has 3 aromatic rings. The number of amidine groups is 1. The van der Waals surface area contributed by atoms with E-state index in [1.54, 1.807) is 0 Å². The smallest absolute Gasteiger partial charge is 0.326 e. The fourth-order valence-electron chi connectivity index (χ4n) is 6.89. The van der Waals surface area contributed by atoms with Gasteiger partial charge in [0.25, 0.3) is 0 Å². The van der Waals surface area contributed by atoms with Crippen molar-refractivity contribution < 1.29 is 19.1 Å². The molecule has 0 spiro atoms. The van der Waals surface area contributed by atoms with Gasteiger partial charge in [0.2, 0.25) is 5.91 Å². The Hall–Kier alpha value is -4.80. The summed E-state index contributed by atoms with van der Waals surface area (Å²) < 4.78 is 11.7. The highest BCUT2D eigenvalue weighted by Crippen LogP contribution is 2.45. The van der Waals surface area contributed by atoms with Crippen LogP contribution in [0, 0.1) is 24.7 Å². The third kappa shape index (κ3) is 8.29. The van der Waals surface area contributed by atoms with Crippen molar-refractivity contribution in [3.05, 3.63) is 100 Å². The lowest BCUT2D eigenvalue weighted by Crippen LogP contribution is -2.56.